The number of hydrogen-bond donors (Lipinski definition) is 1. The summed E-state index contributed by atoms with van der Waals surface area (Å²) in [5, 5.41) is 19.0. The van der Waals surface area contributed by atoms with Crippen molar-refractivity contribution in [1.82, 2.24) is 25.5 Å². The lowest BCUT2D eigenvalue weighted by Crippen LogP contribution is -2.16. The van der Waals surface area contributed by atoms with Crippen LogP contribution in [-0.4, -0.2) is 32.5 Å². The van der Waals surface area contributed by atoms with Crippen LogP contribution in [0.3, 0.4) is 0 Å². The van der Waals surface area contributed by atoms with Crippen molar-refractivity contribution in [3.63, 3.8) is 0 Å². The number of para-hydroxylation sites is 1. The highest BCUT2D eigenvalue weighted by Gasteiger charge is 2.11. The van der Waals surface area contributed by atoms with Gasteiger partial charge in [-0.3, -0.25) is 0 Å². The Hall–Kier alpha value is -3.68. The average molecular weight is 496 g/mol. The molecule has 0 saturated carbocycles. The van der Waals surface area contributed by atoms with Crippen molar-refractivity contribution in [2.45, 2.75) is 31.7 Å². The van der Waals surface area contributed by atoms with E-state index in [1.807, 2.05) is 30.3 Å². The van der Waals surface area contributed by atoms with Crippen LogP contribution in [-0.2, 0) is 13.2 Å². The minimum Gasteiger partial charge on any atom is -0.489 e. The molecule has 1 heterocycles. The molecule has 0 aliphatic rings. The summed E-state index contributed by atoms with van der Waals surface area (Å²) in [5.74, 6) is 1.85. The SMILES string of the molecule is Cc1ccccc1COc1ccc2ccccc2c1CNCCCSc1nnnn1-c1ccccc1. The van der Waals surface area contributed by atoms with Crippen LogP contribution in [0.1, 0.15) is 23.1 Å². The molecule has 1 aromatic heterocycles. The summed E-state index contributed by atoms with van der Waals surface area (Å²) in [7, 11) is 0. The zero-order valence-electron chi connectivity index (χ0n) is 20.3. The van der Waals surface area contributed by atoms with Gasteiger partial charge in [-0.1, -0.05) is 84.6 Å². The monoisotopic (exact) mass is 495 g/mol. The Bertz CT molecular complexity index is 1420. The molecule has 0 unspecified atom stereocenters. The van der Waals surface area contributed by atoms with Crippen molar-refractivity contribution in [1.29, 1.82) is 0 Å². The second-order valence-corrected chi connectivity index (χ2v) is 9.63. The van der Waals surface area contributed by atoms with E-state index in [9.17, 15) is 0 Å². The highest BCUT2D eigenvalue weighted by atomic mass is 32.2. The Labute approximate surface area is 215 Å². The van der Waals surface area contributed by atoms with Crippen molar-refractivity contribution >= 4 is 22.5 Å². The summed E-state index contributed by atoms with van der Waals surface area (Å²) in [4.78, 5) is 0. The molecule has 0 aliphatic heterocycles. The quantitative estimate of drug-likeness (QED) is 0.180. The molecule has 182 valence electrons. The Balaban J connectivity index is 1.19. The summed E-state index contributed by atoms with van der Waals surface area (Å²) < 4.78 is 8.11. The number of nitrogens with zero attached hydrogens (tertiary/aromatic N) is 4. The van der Waals surface area contributed by atoms with Crippen LogP contribution >= 0.6 is 11.8 Å². The molecule has 36 heavy (non-hydrogen) atoms. The van der Waals surface area contributed by atoms with Gasteiger partial charge >= 0.3 is 0 Å². The van der Waals surface area contributed by atoms with E-state index in [1.54, 1.807) is 16.4 Å². The standard InChI is InChI=1S/C29H29N5OS/c1-22-10-5-6-12-24(22)21-35-28-17-16-23-11-7-8-15-26(23)27(28)20-30-18-9-19-36-29-31-32-33-34(29)25-13-3-2-4-14-25/h2-8,10-17,30H,9,18-21H2,1H3. The fourth-order valence-corrected chi connectivity index (χ4v) is 4.96. The number of fused-ring (bicyclic) bond motifs is 1. The molecule has 0 amide bonds. The van der Waals surface area contributed by atoms with Gasteiger partial charge in [-0.15, -0.1) is 5.10 Å². The fraction of sp³-hybridized carbons (Fsp3) is 0.207. The Morgan fingerprint density at radius 3 is 2.58 bits per heavy atom. The van der Waals surface area contributed by atoms with Crippen molar-refractivity contribution < 1.29 is 4.74 Å². The second kappa shape index (κ2) is 11.8. The third kappa shape index (κ3) is 5.75. The van der Waals surface area contributed by atoms with E-state index < -0.39 is 0 Å². The van der Waals surface area contributed by atoms with Gasteiger partial charge in [-0.25, -0.2) is 0 Å². The van der Waals surface area contributed by atoms with E-state index in [-0.39, 0.29) is 0 Å². The van der Waals surface area contributed by atoms with Gasteiger partial charge in [0.2, 0.25) is 5.16 Å². The number of aryl methyl sites for hydroxylation is 1. The predicted molar refractivity (Wildman–Crippen MR) is 146 cm³/mol. The molecule has 5 rings (SSSR count). The van der Waals surface area contributed by atoms with Crippen molar-refractivity contribution in [3.05, 3.63) is 108 Å². The number of hydrogen-bond acceptors (Lipinski definition) is 6. The molecule has 6 nitrogen and oxygen atoms in total. The Morgan fingerprint density at radius 2 is 1.69 bits per heavy atom. The molecule has 4 aromatic carbocycles. The van der Waals surface area contributed by atoms with Gasteiger partial charge in [-0.05, 0) is 70.4 Å². The Kier molecular flexibility index (Phi) is 7.90. The minimum absolute atomic E-state index is 0.560. The van der Waals surface area contributed by atoms with Crippen LogP contribution in [0.4, 0.5) is 0 Å². The number of rotatable bonds is 11. The van der Waals surface area contributed by atoms with Crippen molar-refractivity contribution in [2.24, 2.45) is 0 Å². The van der Waals surface area contributed by atoms with Gasteiger partial charge in [0.15, 0.2) is 0 Å². The fourth-order valence-electron chi connectivity index (χ4n) is 4.14. The predicted octanol–water partition coefficient (Wildman–Crippen LogP) is 5.97. The maximum absolute atomic E-state index is 6.33. The molecule has 0 bridgehead atoms. The van der Waals surface area contributed by atoms with E-state index in [1.165, 1.54) is 27.5 Å². The topological polar surface area (TPSA) is 64.9 Å². The highest BCUT2D eigenvalue weighted by Crippen LogP contribution is 2.29. The summed E-state index contributed by atoms with van der Waals surface area (Å²) in [6.45, 7) is 4.32. The molecule has 5 aromatic rings. The van der Waals surface area contributed by atoms with Crippen LogP contribution < -0.4 is 10.1 Å². The van der Waals surface area contributed by atoms with Gasteiger partial charge in [-0.2, -0.15) is 4.68 Å². The summed E-state index contributed by atoms with van der Waals surface area (Å²) in [5.41, 5.74) is 4.62. The minimum atomic E-state index is 0.560. The lowest BCUT2D eigenvalue weighted by atomic mass is 10.0. The second-order valence-electron chi connectivity index (χ2n) is 8.57. The molecule has 0 spiro atoms. The molecular weight excluding hydrogens is 466 g/mol. The first kappa shape index (κ1) is 24.0. The maximum atomic E-state index is 6.33. The maximum Gasteiger partial charge on any atom is 0.214 e. The summed E-state index contributed by atoms with van der Waals surface area (Å²) in [6.07, 6.45) is 0.997. The van der Waals surface area contributed by atoms with Gasteiger partial charge in [0.25, 0.3) is 0 Å². The zero-order valence-corrected chi connectivity index (χ0v) is 21.1. The molecule has 0 fully saturated rings. The number of ether oxygens (including phenoxy) is 1. The summed E-state index contributed by atoms with van der Waals surface area (Å²) >= 11 is 1.67. The van der Waals surface area contributed by atoms with E-state index in [4.69, 9.17) is 4.74 Å². The first-order chi connectivity index (χ1) is 17.8. The summed E-state index contributed by atoms with van der Waals surface area (Å²) in [6, 6.07) is 31.1. The third-order valence-electron chi connectivity index (χ3n) is 6.11. The molecule has 1 N–H and O–H groups in total. The van der Waals surface area contributed by atoms with Gasteiger partial charge < -0.3 is 10.1 Å². The first-order valence-corrected chi connectivity index (χ1v) is 13.1. The average Bonchev–Trinajstić information content (AvgIpc) is 3.39. The molecule has 0 radical (unpaired) electrons. The largest absolute Gasteiger partial charge is 0.489 e. The smallest absolute Gasteiger partial charge is 0.214 e. The number of aromatic nitrogens is 4. The van der Waals surface area contributed by atoms with Gasteiger partial charge in [0.1, 0.15) is 12.4 Å². The highest BCUT2D eigenvalue weighted by molar-refractivity contribution is 7.99. The molecular formula is C29H29N5OS. The molecule has 0 atom stereocenters. The van der Waals surface area contributed by atoms with Gasteiger partial charge in [0.05, 0.1) is 5.69 Å². The van der Waals surface area contributed by atoms with Crippen molar-refractivity contribution in [2.75, 3.05) is 12.3 Å². The number of thioether (sulfide) groups is 1. The first-order valence-electron chi connectivity index (χ1n) is 12.1. The molecule has 7 heteroatoms. The lowest BCUT2D eigenvalue weighted by Gasteiger charge is -2.16. The molecule has 0 saturated heterocycles. The zero-order chi connectivity index (χ0) is 24.6. The van der Waals surface area contributed by atoms with E-state index in [0.717, 1.165) is 41.9 Å². The number of benzene rings is 4. The van der Waals surface area contributed by atoms with Crippen molar-refractivity contribution in [3.8, 4) is 11.4 Å². The molecule has 0 aliphatic carbocycles. The van der Waals surface area contributed by atoms with Gasteiger partial charge in [0, 0.05) is 17.9 Å². The van der Waals surface area contributed by atoms with Crippen LogP contribution in [0.2, 0.25) is 0 Å². The number of tetrazole rings is 1. The van der Waals surface area contributed by atoms with Crippen LogP contribution in [0.25, 0.3) is 16.5 Å². The van der Waals surface area contributed by atoms with Crippen LogP contribution in [0, 0.1) is 6.92 Å². The van der Waals surface area contributed by atoms with Crippen LogP contribution in [0.5, 0.6) is 5.75 Å². The lowest BCUT2D eigenvalue weighted by molar-refractivity contribution is 0.302. The normalized spacial score (nSPS) is 11.1. The van der Waals surface area contributed by atoms with E-state index >= 15 is 0 Å². The Morgan fingerprint density at radius 1 is 0.889 bits per heavy atom. The van der Waals surface area contributed by atoms with E-state index in [0.29, 0.717) is 6.61 Å². The van der Waals surface area contributed by atoms with E-state index in [2.05, 4.69) is 88.4 Å². The number of nitrogens with one attached hydrogen (secondary N) is 1. The third-order valence-corrected chi connectivity index (χ3v) is 7.12. The van der Waals surface area contributed by atoms with Crippen LogP contribution in [0.15, 0.2) is 96.2 Å².